The Morgan fingerprint density at radius 3 is 1.73 bits per heavy atom. The monoisotopic (exact) mass is 601 g/mol. The molecule has 0 aliphatic rings. The number of fused-ring (bicyclic) bond motifs is 1. The number of rotatable bonds is 12. The van der Waals surface area contributed by atoms with Gasteiger partial charge in [-0.2, -0.15) is 4.57 Å². The van der Waals surface area contributed by atoms with Gasteiger partial charge in [-0.3, -0.25) is 14.4 Å². The number of hydrogen-bond donors (Lipinski definition) is 3. The van der Waals surface area contributed by atoms with Gasteiger partial charge in [-0.25, -0.2) is 4.57 Å². The van der Waals surface area contributed by atoms with Gasteiger partial charge in [0.25, 0.3) is 17.7 Å². The van der Waals surface area contributed by atoms with Crippen molar-refractivity contribution < 1.29 is 23.5 Å². The first kappa shape index (κ1) is 31.1. The zero-order valence-corrected chi connectivity index (χ0v) is 25.8. The van der Waals surface area contributed by atoms with Crippen molar-refractivity contribution in [3.05, 3.63) is 126 Å². The molecule has 2 aromatic heterocycles. The van der Waals surface area contributed by atoms with E-state index in [1.54, 1.807) is 54.6 Å². The summed E-state index contributed by atoms with van der Waals surface area (Å²) in [7, 11) is 0. The summed E-state index contributed by atoms with van der Waals surface area (Å²) in [6.45, 7) is 6.13. The van der Waals surface area contributed by atoms with Gasteiger partial charge in [-0.1, -0.05) is 26.7 Å². The van der Waals surface area contributed by atoms with Gasteiger partial charge >= 0.3 is 0 Å². The van der Waals surface area contributed by atoms with Gasteiger partial charge in [0.15, 0.2) is 18.6 Å². The molecule has 0 radical (unpaired) electrons. The van der Waals surface area contributed by atoms with Crippen LogP contribution in [0.1, 0.15) is 70.6 Å². The summed E-state index contributed by atoms with van der Waals surface area (Å²) in [6, 6.07) is 27.1. The van der Waals surface area contributed by atoms with Gasteiger partial charge in [0.1, 0.15) is 18.7 Å². The lowest BCUT2D eigenvalue weighted by molar-refractivity contribution is -0.697. The number of carbonyl (C=O) groups is 3. The third-order valence-corrected chi connectivity index (χ3v) is 7.59. The van der Waals surface area contributed by atoms with Crippen LogP contribution in [0.25, 0.3) is 10.9 Å². The first-order chi connectivity index (χ1) is 21.9. The fourth-order valence-electron chi connectivity index (χ4n) is 5.04. The number of unbranched alkanes of at least 4 members (excludes halogenated alkanes) is 2. The van der Waals surface area contributed by atoms with E-state index in [-0.39, 0.29) is 17.7 Å². The molecule has 8 nitrogen and oxygen atoms in total. The van der Waals surface area contributed by atoms with Crippen molar-refractivity contribution in [2.24, 2.45) is 0 Å². The third-order valence-electron chi connectivity index (χ3n) is 7.59. The number of carbonyl (C=O) groups excluding carboxylic acids is 3. The lowest BCUT2D eigenvalue weighted by atomic mass is 10.1. The number of benzene rings is 3. The smallest absolute Gasteiger partial charge is 0.261 e. The highest BCUT2D eigenvalue weighted by atomic mass is 16.2. The molecule has 3 aromatic carbocycles. The molecule has 0 unspecified atom stereocenters. The van der Waals surface area contributed by atoms with E-state index in [9.17, 15) is 14.4 Å². The summed E-state index contributed by atoms with van der Waals surface area (Å²) < 4.78 is 4.25. The Balaban J connectivity index is 1.16. The maximum atomic E-state index is 12.9. The van der Waals surface area contributed by atoms with Crippen molar-refractivity contribution in [3.63, 3.8) is 0 Å². The molecule has 0 saturated heterocycles. The van der Waals surface area contributed by atoms with Crippen molar-refractivity contribution in [1.29, 1.82) is 0 Å². The fraction of sp³-hybridized carbons (Fsp3) is 0.216. The summed E-state index contributed by atoms with van der Waals surface area (Å²) in [5, 5.41) is 9.78. The van der Waals surface area contributed by atoms with Crippen LogP contribution >= 0.6 is 0 Å². The van der Waals surface area contributed by atoms with E-state index >= 15 is 0 Å². The molecule has 3 amide bonds. The number of aryl methyl sites for hydroxylation is 2. The first-order valence-electron chi connectivity index (χ1n) is 15.5. The van der Waals surface area contributed by atoms with Gasteiger partial charge in [0.05, 0.1) is 0 Å². The minimum absolute atomic E-state index is 0.196. The topological polar surface area (TPSA) is 95.1 Å². The van der Waals surface area contributed by atoms with Gasteiger partial charge < -0.3 is 16.0 Å². The molecule has 0 bridgehead atoms. The van der Waals surface area contributed by atoms with Crippen LogP contribution in [0.2, 0.25) is 0 Å². The standard InChI is InChI=1S/C37H37N5O3/c1-3-5-21-41-22-7-10-30(26-41)37(45)39-32-17-15-31(16-18-32)38-35(43)27-11-13-28(14-12-27)36(44)40-33-19-20-34-29(25-33)9-8-24-42(34)23-6-4-2/h7-20,22,24-26H,3-6,21,23H2,1-2H3,(H-2,38,39,40,43,44,45)/p+2. The van der Waals surface area contributed by atoms with Crippen LogP contribution in [-0.2, 0) is 13.1 Å². The highest BCUT2D eigenvalue weighted by molar-refractivity contribution is 6.08. The molecule has 0 aliphatic carbocycles. The largest absolute Gasteiger partial charge is 0.322 e. The highest BCUT2D eigenvalue weighted by Gasteiger charge is 2.14. The quantitative estimate of drug-likeness (QED) is 0.138. The maximum absolute atomic E-state index is 12.9. The average molecular weight is 602 g/mol. The number of amides is 3. The number of pyridine rings is 2. The van der Waals surface area contributed by atoms with Crippen molar-refractivity contribution in [2.75, 3.05) is 16.0 Å². The van der Waals surface area contributed by atoms with E-state index in [0.717, 1.165) is 49.7 Å². The minimum atomic E-state index is -0.300. The van der Waals surface area contributed by atoms with E-state index < -0.39 is 0 Å². The molecule has 0 atom stereocenters. The molecule has 45 heavy (non-hydrogen) atoms. The summed E-state index contributed by atoms with van der Waals surface area (Å²) in [4.78, 5) is 38.6. The first-order valence-corrected chi connectivity index (χ1v) is 15.5. The minimum Gasteiger partial charge on any atom is -0.322 e. The van der Waals surface area contributed by atoms with Gasteiger partial charge in [-0.05, 0) is 72.8 Å². The predicted octanol–water partition coefficient (Wildman–Crippen LogP) is 6.77. The zero-order chi connectivity index (χ0) is 31.6. The van der Waals surface area contributed by atoms with Gasteiger partial charge in [0.2, 0.25) is 5.52 Å². The van der Waals surface area contributed by atoms with Crippen LogP contribution in [0.3, 0.4) is 0 Å². The Morgan fingerprint density at radius 1 is 0.578 bits per heavy atom. The second-order valence-electron chi connectivity index (χ2n) is 11.0. The van der Waals surface area contributed by atoms with Crippen LogP contribution < -0.4 is 25.1 Å². The third kappa shape index (κ3) is 8.17. The molecule has 0 saturated carbocycles. The second kappa shape index (κ2) is 14.9. The predicted molar refractivity (Wildman–Crippen MR) is 177 cm³/mol. The van der Waals surface area contributed by atoms with E-state index in [1.807, 2.05) is 53.4 Å². The Bertz CT molecular complexity index is 1800. The van der Waals surface area contributed by atoms with Crippen molar-refractivity contribution in [2.45, 2.75) is 52.6 Å². The molecule has 0 fully saturated rings. The summed E-state index contributed by atoms with van der Waals surface area (Å²) in [5.74, 6) is -0.747. The second-order valence-corrected chi connectivity index (χ2v) is 11.0. The molecule has 2 heterocycles. The number of aromatic nitrogens is 2. The summed E-state index contributed by atoms with van der Waals surface area (Å²) in [5.41, 5.74) is 4.50. The van der Waals surface area contributed by atoms with Crippen LogP contribution in [0.4, 0.5) is 17.1 Å². The molecule has 5 rings (SSSR count). The molecular weight excluding hydrogens is 562 g/mol. The number of nitrogens with zero attached hydrogens (tertiary/aromatic N) is 2. The molecule has 228 valence electrons. The number of anilines is 3. The SMILES string of the molecule is CCCC[n+]1cccc(C(=O)Nc2ccc(NC(=O)c3ccc(C(=O)Nc4ccc5c(ccc[n+]5CCCC)c4)cc3)cc2)c1. The fourth-order valence-corrected chi connectivity index (χ4v) is 5.04. The van der Waals surface area contributed by atoms with Gasteiger partial charge in [0, 0.05) is 64.6 Å². The molecular formula is C37H39N5O3+2. The van der Waals surface area contributed by atoms with E-state index in [1.165, 1.54) is 0 Å². The van der Waals surface area contributed by atoms with E-state index in [2.05, 4.69) is 40.6 Å². The Hall–Kier alpha value is -5.37. The van der Waals surface area contributed by atoms with Crippen LogP contribution in [0.15, 0.2) is 110 Å². The average Bonchev–Trinajstić information content (AvgIpc) is 3.07. The number of nitrogens with one attached hydrogen (secondary N) is 3. The Kier molecular flexibility index (Phi) is 10.3. The van der Waals surface area contributed by atoms with E-state index in [0.29, 0.717) is 33.8 Å². The summed E-state index contributed by atoms with van der Waals surface area (Å²) in [6.07, 6.45) is 10.3. The summed E-state index contributed by atoms with van der Waals surface area (Å²) >= 11 is 0. The molecule has 0 aliphatic heterocycles. The van der Waals surface area contributed by atoms with Gasteiger partial charge in [-0.15, -0.1) is 0 Å². The number of hydrogen-bond acceptors (Lipinski definition) is 3. The molecule has 3 N–H and O–H groups in total. The van der Waals surface area contributed by atoms with Crippen molar-refractivity contribution in [3.8, 4) is 0 Å². The highest BCUT2D eigenvalue weighted by Crippen LogP contribution is 2.19. The van der Waals surface area contributed by atoms with Crippen molar-refractivity contribution in [1.82, 2.24) is 0 Å². The Labute approximate surface area is 263 Å². The molecule has 5 aromatic rings. The van der Waals surface area contributed by atoms with E-state index in [4.69, 9.17) is 0 Å². The molecule has 0 spiro atoms. The molecule has 8 heteroatoms. The van der Waals surface area contributed by atoms with Crippen LogP contribution in [-0.4, -0.2) is 17.7 Å². The lowest BCUT2D eigenvalue weighted by Gasteiger charge is -2.09. The van der Waals surface area contributed by atoms with Crippen LogP contribution in [0, 0.1) is 0 Å². The Morgan fingerprint density at radius 2 is 1.11 bits per heavy atom. The van der Waals surface area contributed by atoms with Crippen molar-refractivity contribution >= 4 is 45.7 Å². The van der Waals surface area contributed by atoms with Crippen LogP contribution in [0.5, 0.6) is 0 Å². The normalized spacial score (nSPS) is 10.8. The lowest BCUT2D eigenvalue weighted by Crippen LogP contribution is -2.34. The zero-order valence-electron chi connectivity index (χ0n) is 25.8. The maximum Gasteiger partial charge on any atom is 0.261 e.